The number of nitrogens with one attached hydrogen (secondary N) is 2. The molecule has 0 saturated carbocycles. The molecular formula is C20H25BrN2O3. The summed E-state index contributed by atoms with van der Waals surface area (Å²) in [7, 11) is 0. The van der Waals surface area contributed by atoms with Crippen molar-refractivity contribution < 1.29 is 14.3 Å². The first-order chi connectivity index (χ1) is 12.4. The highest BCUT2D eigenvalue weighted by Crippen LogP contribution is 2.37. The first kappa shape index (κ1) is 20.1. The minimum atomic E-state index is -0.0808. The minimum absolute atomic E-state index is 0.0663. The van der Waals surface area contributed by atoms with Gasteiger partial charge in [-0.3, -0.25) is 4.79 Å². The summed E-state index contributed by atoms with van der Waals surface area (Å²) in [6.45, 7) is 8.63. The van der Waals surface area contributed by atoms with Crippen molar-refractivity contribution in [1.29, 1.82) is 0 Å². The van der Waals surface area contributed by atoms with Gasteiger partial charge in [0, 0.05) is 24.8 Å². The lowest BCUT2D eigenvalue weighted by atomic mass is 10.2. The number of benzene rings is 2. The van der Waals surface area contributed by atoms with E-state index in [4.69, 9.17) is 9.47 Å². The highest BCUT2D eigenvalue weighted by atomic mass is 79.9. The Balaban J connectivity index is 2.10. The maximum Gasteiger partial charge on any atom is 0.221 e. The van der Waals surface area contributed by atoms with Crippen molar-refractivity contribution in [3.8, 4) is 11.5 Å². The number of carbonyl (C=O) groups excluding carboxylic acids is 1. The van der Waals surface area contributed by atoms with E-state index in [1.54, 1.807) is 0 Å². The van der Waals surface area contributed by atoms with E-state index in [0.717, 1.165) is 32.9 Å². The average Bonchev–Trinajstić information content (AvgIpc) is 2.57. The number of hydrogen-bond acceptors (Lipinski definition) is 4. The molecule has 6 heteroatoms. The highest BCUT2D eigenvalue weighted by molar-refractivity contribution is 9.10. The van der Waals surface area contributed by atoms with E-state index in [0.29, 0.717) is 13.2 Å². The molecule has 2 N–H and O–H groups in total. The van der Waals surface area contributed by atoms with Gasteiger partial charge in [0.15, 0.2) is 11.5 Å². The lowest BCUT2D eigenvalue weighted by Gasteiger charge is -2.18. The predicted octanol–water partition coefficient (Wildman–Crippen LogP) is 5.21. The van der Waals surface area contributed by atoms with Crippen LogP contribution in [0.25, 0.3) is 0 Å². The molecule has 2 aromatic rings. The number of ether oxygens (including phenoxy) is 2. The largest absolute Gasteiger partial charge is 0.490 e. The lowest BCUT2D eigenvalue weighted by Crippen LogP contribution is -2.09. The SMILES string of the molecule is CCOc1cc(CNc2ccc(NC(C)=O)cc2)cc(Br)c1OC(C)C. The quantitative estimate of drug-likeness (QED) is 0.615. The predicted molar refractivity (Wildman–Crippen MR) is 109 cm³/mol. The molecule has 0 aliphatic carbocycles. The molecule has 0 bridgehead atoms. The summed E-state index contributed by atoms with van der Waals surface area (Å²) in [5.74, 6) is 1.38. The standard InChI is InChI=1S/C20H25BrN2O3/c1-5-25-19-11-15(10-18(21)20(19)26-13(2)3)12-22-16-6-8-17(9-7-16)23-14(4)24/h6-11,13,22H,5,12H2,1-4H3,(H,23,24). The number of hydrogen-bond donors (Lipinski definition) is 2. The molecular weight excluding hydrogens is 396 g/mol. The Kier molecular flexibility index (Phi) is 7.33. The molecule has 0 radical (unpaired) electrons. The van der Waals surface area contributed by atoms with Gasteiger partial charge in [-0.25, -0.2) is 0 Å². The van der Waals surface area contributed by atoms with Crippen molar-refractivity contribution in [1.82, 2.24) is 0 Å². The zero-order chi connectivity index (χ0) is 19.1. The molecule has 0 saturated heterocycles. The second kappa shape index (κ2) is 9.48. The molecule has 0 aliphatic rings. The fraction of sp³-hybridized carbons (Fsp3) is 0.350. The molecule has 0 fully saturated rings. The van der Waals surface area contributed by atoms with Crippen molar-refractivity contribution in [3.05, 3.63) is 46.4 Å². The van der Waals surface area contributed by atoms with E-state index in [2.05, 4.69) is 26.6 Å². The Hall–Kier alpha value is -2.21. The van der Waals surface area contributed by atoms with Crippen LogP contribution in [0.1, 0.15) is 33.3 Å². The third kappa shape index (κ3) is 5.95. The summed E-state index contributed by atoms with van der Waals surface area (Å²) in [6, 6.07) is 11.6. The van der Waals surface area contributed by atoms with Gasteiger partial charge in [0.2, 0.25) is 5.91 Å². The Morgan fingerprint density at radius 1 is 1.15 bits per heavy atom. The van der Waals surface area contributed by atoms with Crippen molar-refractivity contribution in [2.75, 3.05) is 17.2 Å². The van der Waals surface area contributed by atoms with Gasteiger partial charge in [-0.2, -0.15) is 0 Å². The fourth-order valence-corrected chi connectivity index (χ4v) is 3.00. The van der Waals surface area contributed by atoms with E-state index in [1.165, 1.54) is 6.92 Å². The molecule has 26 heavy (non-hydrogen) atoms. The molecule has 2 rings (SSSR count). The molecule has 0 atom stereocenters. The normalized spacial score (nSPS) is 10.5. The summed E-state index contributed by atoms with van der Waals surface area (Å²) < 4.78 is 12.5. The maximum absolute atomic E-state index is 11.1. The average molecular weight is 421 g/mol. The number of anilines is 2. The van der Waals surface area contributed by atoms with Gasteiger partial charge < -0.3 is 20.1 Å². The Labute approximate surface area is 163 Å². The van der Waals surface area contributed by atoms with Crippen LogP contribution in [0.15, 0.2) is 40.9 Å². The second-order valence-corrected chi connectivity index (χ2v) is 6.97. The van der Waals surface area contributed by atoms with Gasteiger partial charge in [0.05, 0.1) is 17.2 Å². The van der Waals surface area contributed by atoms with Crippen LogP contribution < -0.4 is 20.1 Å². The van der Waals surface area contributed by atoms with Crippen LogP contribution in [-0.4, -0.2) is 18.6 Å². The Bertz CT molecular complexity index is 745. The zero-order valence-corrected chi connectivity index (χ0v) is 17.1. The first-order valence-electron chi connectivity index (χ1n) is 8.62. The summed E-state index contributed by atoms with van der Waals surface area (Å²) in [6.07, 6.45) is 0.0663. The summed E-state index contributed by atoms with van der Waals surface area (Å²) in [5.41, 5.74) is 2.82. The molecule has 5 nitrogen and oxygen atoms in total. The third-order valence-electron chi connectivity index (χ3n) is 3.42. The van der Waals surface area contributed by atoms with Crippen LogP contribution in [-0.2, 0) is 11.3 Å². The second-order valence-electron chi connectivity index (χ2n) is 6.12. The van der Waals surface area contributed by atoms with Crippen LogP contribution in [0.2, 0.25) is 0 Å². The molecule has 0 aromatic heterocycles. The van der Waals surface area contributed by atoms with Gasteiger partial charge in [-0.1, -0.05) is 0 Å². The van der Waals surface area contributed by atoms with E-state index < -0.39 is 0 Å². The van der Waals surface area contributed by atoms with Gasteiger partial charge in [-0.15, -0.1) is 0 Å². The van der Waals surface area contributed by atoms with Crippen molar-refractivity contribution >= 4 is 33.2 Å². The third-order valence-corrected chi connectivity index (χ3v) is 4.01. The fourth-order valence-electron chi connectivity index (χ4n) is 2.42. The summed E-state index contributed by atoms with van der Waals surface area (Å²) in [5, 5.41) is 6.12. The summed E-state index contributed by atoms with van der Waals surface area (Å²) >= 11 is 3.58. The minimum Gasteiger partial charge on any atom is -0.490 e. The summed E-state index contributed by atoms with van der Waals surface area (Å²) in [4.78, 5) is 11.1. The van der Waals surface area contributed by atoms with Crippen molar-refractivity contribution in [2.24, 2.45) is 0 Å². The van der Waals surface area contributed by atoms with Crippen LogP contribution in [0, 0.1) is 0 Å². The van der Waals surface area contributed by atoms with Gasteiger partial charge >= 0.3 is 0 Å². The number of halogens is 1. The molecule has 1 amide bonds. The number of amides is 1. The Morgan fingerprint density at radius 3 is 2.38 bits per heavy atom. The van der Waals surface area contributed by atoms with Crippen LogP contribution >= 0.6 is 15.9 Å². The molecule has 140 valence electrons. The van der Waals surface area contributed by atoms with Crippen molar-refractivity contribution in [3.63, 3.8) is 0 Å². The van der Waals surface area contributed by atoms with E-state index in [-0.39, 0.29) is 12.0 Å². The van der Waals surface area contributed by atoms with Crippen LogP contribution in [0.3, 0.4) is 0 Å². The number of rotatable bonds is 8. The highest BCUT2D eigenvalue weighted by Gasteiger charge is 2.13. The first-order valence-corrected chi connectivity index (χ1v) is 9.41. The van der Waals surface area contributed by atoms with E-state index in [1.807, 2.05) is 57.2 Å². The molecule has 0 spiro atoms. The van der Waals surface area contributed by atoms with Crippen LogP contribution in [0.4, 0.5) is 11.4 Å². The lowest BCUT2D eigenvalue weighted by molar-refractivity contribution is -0.114. The van der Waals surface area contributed by atoms with Crippen LogP contribution in [0.5, 0.6) is 11.5 Å². The monoisotopic (exact) mass is 420 g/mol. The van der Waals surface area contributed by atoms with Gasteiger partial charge in [0.1, 0.15) is 0 Å². The molecule has 0 unspecified atom stereocenters. The molecule has 0 heterocycles. The maximum atomic E-state index is 11.1. The van der Waals surface area contributed by atoms with E-state index in [9.17, 15) is 4.79 Å². The van der Waals surface area contributed by atoms with Gasteiger partial charge in [-0.05, 0) is 78.7 Å². The smallest absolute Gasteiger partial charge is 0.221 e. The number of carbonyl (C=O) groups is 1. The van der Waals surface area contributed by atoms with Gasteiger partial charge in [0.25, 0.3) is 0 Å². The Morgan fingerprint density at radius 2 is 1.81 bits per heavy atom. The van der Waals surface area contributed by atoms with E-state index >= 15 is 0 Å². The van der Waals surface area contributed by atoms with Crippen molar-refractivity contribution in [2.45, 2.75) is 40.3 Å². The molecule has 0 aliphatic heterocycles. The topological polar surface area (TPSA) is 59.6 Å². The molecule has 2 aromatic carbocycles. The zero-order valence-electron chi connectivity index (χ0n) is 15.6.